The molecule has 38 heavy (non-hydrogen) atoms. The molecule has 192 valence electrons. The number of rotatable bonds is 5. The van der Waals surface area contributed by atoms with Crippen molar-refractivity contribution in [2.24, 2.45) is 4.99 Å². The van der Waals surface area contributed by atoms with Gasteiger partial charge in [0.1, 0.15) is 5.75 Å². The molecule has 0 saturated carbocycles. The fourth-order valence-electron chi connectivity index (χ4n) is 5.55. The molecule has 5 nitrogen and oxygen atoms in total. The SMILES string of the molecule is CCN(CC)c1ccc(/C=c2\sc3n(c2=O)[C@H](c2ccc(Br)cc2)C2=C(N=3)c3ccccc3CC2)c(O)c1. The van der Waals surface area contributed by atoms with Gasteiger partial charge in [-0.2, -0.15) is 0 Å². The predicted octanol–water partition coefficient (Wildman–Crippen LogP) is 5.63. The van der Waals surface area contributed by atoms with Gasteiger partial charge >= 0.3 is 0 Å². The Kier molecular flexibility index (Phi) is 6.58. The van der Waals surface area contributed by atoms with E-state index in [1.54, 1.807) is 12.1 Å². The van der Waals surface area contributed by atoms with Crippen molar-refractivity contribution in [1.29, 1.82) is 0 Å². The van der Waals surface area contributed by atoms with Crippen molar-refractivity contribution < 1.29 is 5.11 Å². The molecular weight excluding hydrogens is 558 g/mol. The van der Waals surface area contributed by atoms with E-state index in [2.05, 4.69) is 71.1 Å². The summed E-state index contributed by atoms with van der Waals surface area (Å²) >= 11 is 4.93. The Hall–Kier alpha value is -3.42. The lowest BCUT2D eigenvalue weighted by Crippen LogP contribution is -2.38. The van der Waals surface area contributed by atoms with Crippen LogP contribution in [0.1, 0.15) is 48.6 Å². The first-order valence-electron chi connectivity index (χ1n) is 12.9. The number of aromatic hydroxyl groups is 1. The summed E-state index contributed by atoms with van der Waals surface area (Å²) < 4.78 is 3.40. The quantitative estimate of drug-likeness (QED) is 0.330. The first kappa shape index (κ1) is 24.9. The van der Waals surface area contributed by atoms with Crippen molar-refractivity contribution >= 4 is 44.7 Å². The summed E-state index contributed by atoms with van der Waals surface area (Å²) in [7, 11) is 0. The van der Waals surface area contributed by atoms with Gasteiger partial charge in [0, 0.05) is 40.4 Å². The fourth-order valence-corrected chi connectivity index (χ4v) is 6.80. The van der Waals surface area contributed by atoms with Gasteiger partial charge in [-0.3, -0.25) is 9.36 Å². The van der Waals surface area contributed by atoms with Crippen LogP contribution in [0.25, 0.3) is 11.8 Å². The number of aryl methyl sites for hydroxylation is 1. The molecule has 4 aromatic rings. The second kappa shape index (κ2) is 10.0. The number of benzene rings is 3. The number of halogens is 1. The lowest BCUT2D eigenvalue weighted by molar-refractivity contribution is 0.474. The van der Waals surface area contributed by atoms with Crippen molar-refractivity contribution in [3.63, 3.8) is 0 Å². The number of aromatic nitrogens is 1. The van der Waals surface area contributed by atoms with Gasteiger partial charge < -0.3 is 10.0 Å². The standard InChI is InChI=1S/C31H28BrN3O2S/c1-3-34(4-2)23-15-11-21(26(36)18-23)17-27-30(37)35-29(20-9-13-22(32)14-10-20)25-16-12-19-7-5-6-8-24(19)28(25)33-31(35)38-27/h5-11,13-15,17-18,29,36H,3-4,12,16H2,1-2H3/b27-17-/t29-/m1/s1. The second-order valence-corrected chi connectivity index (χ2v) is 11.5. The van der Waals surface area contributed by atoms with Gasteiger partial charge in [-0.25, -0.2) is 4.99 Å². The Balaban J connectivity index is 1.54. The number of hydrogen-bond acceptors (Lipinski definition) is 5. The molecular formula is C31H28BrN3O2S. The minimum Gasteiger partial charge on any atom is -0.507 e. The Morgan fingerprint density at radius 2 is 1.84 bits per heavy atom. The third kappa shape index (κ3) is 4.24. The molecule has 1 aromatic heterocycles. The summed E-state index contributed by atoms with van der Waals surface area (Å²) in [5, 5.41) is 10.8. The molecule has 6 rings (SSSR count). The highest BCUT2D eigenvalue weighted by molar-refractivity contribution is 9.10. The molecule has 0 saturated heterocycles. The number of hydrogen-bond donors (Lipinski definition) is 1. The van der Waals surface area contributed by atoms with E-state index in [4.69, 9.17) is 4.99 Å². The number of anilines is 1. The molecule has 3 aromatic carbocycles. The van der Waals surface area contributed by atoms with Gasteiger partial charge in [0.25, 0.3) is 5.56 Å². The third-order valence-electron chi connectivity index (χ3n) is 7.49. The highest BCUT2D eigenvalue weighted by atomic mass is 79.9. The third-order valence-corrected chi connectivity index (χ3v) is 9.00. The monoisotopic (exact) mass is 585 g/mol. The van der Waals surface area contributed by atoms with Gasteiger partial charge in [0.2, 0.25) is 0 Å². The van der Waals surface area contributed by atoms with E-state index in [9.17, 15) is 9.90 Å². The molecule has 0 spiro atoms. The Bertz CT molecular complexity index is 1750. The van der Waals surface area contributed by atoms with Crippen LogP contribution in [0.4, 0.5) is 5.69 Å². The number of phenols is 1. The van der Waals surface area contributed by atoms with Crippen molar-refractivity contribution in [3.8, 4) is 5.75 Å². The van der Waals surface area contributed by atoms with Crippen LogP contribution in [0.3, 0.4) is 0 Å². The van der Waals surface area contributed by atoms with E-state index in [1.165, 1.54) is 22.5 Å². The summed E-state index contributed by atoms with van der Waals surface area (Å²) in [6, 6.07) is 22.1. The zero-order valence-electron chi connectivity index (χ0n) is 21.3. The lowest BCUT2D eigenvalue weighted by Gasteiger charge is -2.30. The van der Waals surface area contributed by atoms with Gasteiger partial charge in [0.05, 0.1) is 16.3 Å². The smallest absolute Gasteiger partial charge is 0.271 e. The van der Waals surface area contributed by atoms with Crippen LogP contribution in [0, 0.1) is 0 Å². The van der Waals surface area contributed by atoms with E-state index in [0.29, 0.717) is 14.9 Å². The summed E-state index contributed by atoms with van der Waals surface area (Å²) in [6.07, 6.45) is 3.57. The van der Waals surface area contributed by atoms with Crippen molar-refractivity contribution in [2.45, 2.75) is 32.7 Å². The van der Waals surface area contributed by atoms with Crippen molar-refractivity contribution in [1.82, 2.24) is 4.57 Å². The topological polar surface area (TPSA) is 57.8 Å². The number of thiazole rings is 1. The normalized spacial score (nSPS) is 16.5. The molecule has 7 heteroatoms. The largest absolute Gasteiger partial charge is 0.507 e. The van der Waals surface area contributed by atoms with E-state index in [1.807, 2.05) is 28.8 Å². The van der Waals surface area contributed by atoms with Crippen molar-refractivity contribution in [3.05, 3.63) is 119 Å². The van der Waals surface area contributed by atoms with Gasteiger partial charge in [0.15, 0.2) is 4.80 Å². The Morgan fingerprint density at radius 1 is 1.08 bits per heavy atom. The van der Waals surface area contributed by atoms with Crippen LogP contribution in [0.5, 0.6) is 5.75 Å². The molecule has 1 atom stereocenters. The average Bonchev–Trinajstić information content (AvgIpc) is 3.24. The second-order valence-electron chi connectivity index (χ2n) is 9.58. The molecule has 1 N–H and O–H groups in total. The van der Waals surface area contributed by atoms with Gasteiger partial charge in [-0.15, -0.1) is 0 Å². The predicted molar refractivity (Wildman–Crippen MR) is 159 cm³/mol. The van der Waals surface area contributed by atoms with Crippen molar-refractivity contribution in [2.75, 3.05) is 18.0 Å². The van der Waals surface area contributed by atoms with Crippen LogP contribution in [-0.2, 0) is 6.42 Å². The maximum atomic E-state index is 13.9. The van der Waals surface area contributed by atoms with Gasteiger partial charge in [-0.1, -0.05) is 63.7 Å². The average molecular weight is 587 g/mol. The summed E-state index contributed by atoms with van der Waals surface area (Å²) in [5.41, 5.74) is 7.18. The molecule has 2 heterocycles. The van der Waals surface area contributed by atoms with Crippen LogP contribution in [0.2, 0.25) is 0 Å². The molecule has 1 aliphatic carbocycles. The van der Waals surface area contributed by atoms with Crippen LogP contribution < -0.4 is 19.8 Å². The summed E-state index contributed by atoms with van der Waals surface area (Å²) in [5.74, 6) is 0.165. The summed E-state index contributed by atoms with van der Waals surface area (Å²) in [4.78, 5) is 21.9. The molecule has 0 radical (unpaired) electrons. The lowest BCUT2D eigenvalue weighted by atomic mass is 9.83. The zero-order chi connectivity index (χ0) is 26.4. The first-order chi connectivity index (χ1) is 18.5. The minimum absolute atomic E-state index is 0.0840. The number of allylic oxidation sites excluding steroid dienone is 1. The highest BCUT2D eigenvalue weighted by Crippen LogP contribution is 2.41. The van der Waals surface area contributed by atoms with E-state index in [0.717, 1.165) is 52.9 Å². The van der Waals surface area contributed by atoms with Crippen LogP contribution >= 0.6 is 27.3 Å². The first-order valence-corrected chi connectivity index (χ1v) is 14.6. The Labute approximate surface area is 233 Å². The maximum Gasteiger partial charge on any atom is 0.271 e. The molecule has 1 aliphatic heterocycles. The molecule has 0 amide bonds. The molecule has 0 fully saturated rings. The highest BCUT2D eigenvalue weighted by Gasteiger charge is 2.32. The molecule has 0 unspecified atom stereocenters. The zero-order valence-corrected chi connectivity index (χ0v) is 23.7. The van der Waals surface area contributed by atoms with E-state index >= 15 is 0 Å². The molecule has 0 bridgehead atoms. The Morgan fingerprint density at radius 3 is 2.58 bits per heavy atom. The maximum absolute atomic E-state index is 13.9. The van der Waals surface area contributed by atoms with E-state index in [-0.39, 0.29) is 17.4 Å². The number of nitrogens with zero attached hydrogens (tertiary/aromatic N) is 3. The fraction of sp³-hybridized carbons (Fsp3) is 0.226. The van der Waals surface area contributed by atoms with E-state index < -0.39 is 0 Å². The van der Waals surface area contributed by atoms with Gasteiger partial charge in [-0.05, 0) is 73.7 Å². The van der Waals surface area contributed by atoms with Crippen LogP contribution in [-0.4, -0.2) is 22.8 Å². The summed E-state index contributed by atoms with van der Waals surface area (Å²) in [6.45, 7) is 5.90. The van der Waals surface area contributed by atoms with Crippen LogP contribution in [0.15, 0.2) is 86.6 Å². The number of fused-ring (bicyclic) bond motifs is 3. The minimum atomic E-state index is -0.219. The molecule has 2 aliphatic rings. The number of phenolic OH excluding ortho intramolecular Hbond substituents is 1.